The quantitative estimate of drug-likeness (QED) is 0.703. The van der Waals surface area contributed by atoms with Gasteiger partial charge in [-0.3, -0.25) is 4.79 Å². The lowest BCUT2D eigenvalue weighted by molar-refractivity contribution is -0.116. The zero-order chi connectivity index (χ0) is 11.8. The highest BCUT2D eigenvalue weighted by atomic mass is 16.1. The van der Waals surface area contributed by atoms with E-state index in [-0.39, 0.29) is 5.78 Å². The van der Waals surface area contributed by atoms with Crippen molar-refractivity contribution in [3.8, 4) is 0 Å². The molecular weight excluding hydrogens is 200 g/mol. The minimum absolute atomic E-state index is 0.186. The van der Waals surface area contributed by atoms with E-state index in [1.165, 1.54) is 5.56 Å². The molecule has 0 amide bonds. The summed E-state index contributed by atoms with van der Waals surface area (Å²) in [6, 6.07) is 10.4. The summed E-state index contributed by atoms with van der Waals surface area (Å²) < 4.78 is 0. The average molecular weight is 220 g/mol. The van der Waals surface area contributed by atoms with Gasteiger partial charge in [0.25, 0.3) is 0 Å². The van der Waals surface area contributed by atoms with Crippen molar-refractivity contribution >= 4 is 5.78 Å². The number of nitrogens with one attached hydrogen (secondary N) is 1. The highest BCUT2D eigenvalue weighted by Gasteiger charge is 1.99. The van der Waals surface area contributed by atoms with Crippen molar-refractivity contribution in [3.05, 3.63) is 35.9 Å². The van der Waals surface area contributed by atoms with Gasteiger partial charge in [0.05, 0.1) is 6.54 Å². The van der Waals surface area contributed by atoms with E-state index in [1.807, 2.05) is 6.07 Å². The van der Waals surface area contributed by atoms with Gasteiger partial charge < -0.3 is 10.2 Å². The van der Waals surface area contributed by atoms with E-state index in [2.05, 4.69) is 41.5 Å². The molecule has 16 heavy (non-hydrogen) atoms. The number of carbonyl (C=O) groups excluding carboxylic acids is 1. The molecule has 0 bridgehead atoms. The van der Waals surface area contributed by atoms with Crippen molar-refractivity contribution in [1.29, 1.82) is 0 Å². The van der Waals surface area contributed by atoms with Gasteiger partial charge in [0, 0.05) is 19.6 Å². The SMILES string of the molecule is CC(=O)CNCCN(C)Cc1ccccc1. The molecule has 0 heterocycles. The standard InChI is InChI=1S/C13H20N2O/c1-12(16)10-14-8-9-15(2)11-13-6-4-3-5-7-13/h3-7,14H,8-11H2,1-2H3. The van der Waals surface area contributed by atoms with Gasteiger partial charge >= 0.3 is 0 Å². The fourth-order valence-electron chi connectivity index (χ4n) is 1.51. The Hall–Kier alpha value is -1.19. The fraction of sp³-hybridized carbons (Fsp3) is 0.462. The van der Waals surface area contributed by atoms with Crippen LogP contribution in [0.3, 0.4) is 0 Å². The van der Waals surface area contributed by atoms with E-state index in [4.69, 9.17) is 0 Å². The van der Waals surface area contributed by atoms with Crippen molar-refractivity contribution in [3.63, 3.8) is 0 Å². The van der Waals surface area contributed by atoms with E-state index in [0.717, 1.165) is 19.6 Å². The molecule has 0 spiro atoms. The summed E-state index contributed by atoms with van der Waals surface area (Å²) in [5.74, 6) is 0.186. The first-order valence-corrected chi connectivity index (χ1v) is 5.61. The van der Waals surface area contributed by atoms with Crippen LogP contribution in [0.1, 0.15) is 12.5 Å². The molecule has 1 aromatic rings. The second-order valence-corrected chi connectivity index (χ2v) is 4.10. The largest absolute Gasteiger partial charge is 0.309 e. The maximum atomic E-state index is 10.7. The molecule has 1 N–H and O–H groups in total. The number of likely N-dealkylation sites (N-methyl/N-ethyl adjacent to an activating group) is 1. The molecule has 0 fully saturated rings. The molecule has 0 aliphatic rings. The van der Waals surface area contributed by atoms with Gasteiger partial charge in [-0.1, -0.05) is 30.3 Å². The van der Waals surface area contributed by atoms with Crippen molar-refractivity contribution in [2.45, 2.75) is 13.5 Å². The Morgan fingerprint density at radius 2 is 2.00 bits per heavy atom. The van der Waals surface area contributed by atoms with E-state index in [9.17, 15) is 4.79 Å². The smallest absolute Gasteiger partial charge is 0.143 e. The number of nitrogens with zero attached hydrogens (tertiary/aromatic N) is 1. The third kappa shape index (κ3) is 5.63. The first-order valence-electron chi connectivity index (χ1n) is 5.61. The predicted octanol–water partition coefficient (Wildman–Crippen LogP) is 1.30. The minimum atomic E-state index is 0.186. The molecule has 0 radical (unpaired) electrons. The van der Waals surface area contributed by atoms with Gasteiger partial charge in [-0.2, -0.15) is 0 Å². The lowest BCUT2D eigenvalue weighted by Gasteiger charge is -2.16. The summed E-state index contributed by atoms with van der Waals surface area (Å²) in [7, 11) is 2.09. The Bertz CT molecular complexity index is 311. The molecule has 3 heteroatoms. The zero-order valence-corrected chi connectivity index (χ0v) is 10.1. The molecule has 1 rings (SSSR count). The topological polar surface area (TPSA) is 32.3 Å². The molecule has 0 saturated carbocycles. The Kier molecular flexibility index (Phi) is 5.75. The zero-order valence-electron chi connectivity index (χ0n) is 10.1. The summed E-state index contributed by atoms with van der Waals surface area (Å²) in [5.41, 5.74) is 1.32. The van der Waals surface area contributed by atoms with Crippen LogP contribution in [0.2, 0.25) is 0 Å². The maximum Gasteiger partial charge on any atom is 0.143 e. The third-order valence-electron chi connectivity index (χ3n) is 2.34. The van der Waals surface area contributed by atoms with Crippen LogP contribution >= 0.6 is 0 Å². The predicted molar refractivity (Wildman–Crippen MR) is 66.3 cm³/mol. The van der Waals surface area contributed by atoms with Crippen LogP contribution < -0.4 is 5.32 Å². The maximum absolute atomic E-state index is 10.7. The van der Waals surface area contributed by atoms with Crippen molar-refractivity contribution < 1.29 is 4.79 Å². The lowest BCUT2D eigenvalue weighted by Crippen LogP contribution is -2.31. The minimum Gasteiger partial charge on any atom is -0.309 e. The molecule has 0 unspecified atom stereocenters. The van der Waals surface area contributed by atoms with Gasteiger partial charge in [-0.15, -0.1) is 0 Å². The first kappa shape index (κ1) is 12.9. The van der Waals surface area contributed by atoms with Gasteiger partial charge in [0.1, 0.15) is 5.78 Å². The number of carbonyl (C=O) groups is 1. The third-order valence-corrected chi connectivity index (χ3v) is 2.34. The Morgan fingerprint density at radius 1 is 1.31 bits per heavy atom. The molecule has 0 saturated heterocycles. The van der Waals surface area contributed by atoms with Crippen LogP contribution in [-0.4, -0.2) is 37.4 Å². The van der Waals surface area contributed by atoms with Gasteiger partial charge in [0.2, 0.25) is 0 Å². The highest BCUT2D eigenvalue weighted by molar-refractivity contribution is 5.77. The number of rotatable bonds is 7. The number of benzene rings is 1. The molecule has 0 aromatic heterocycles. The van der Waals surface area contributed by atoms with Crippen molar-refractivity contribution in [1.82, 2.24) is 10.2 Å². The number of hydrogen-bond acceptors (Lipinski definition) is 3. The molecule has 1 aromatic carbocycles. The van der Waals surface area contributed by atoms with Crippen LogP contribution in [0, 0.1) is 0 Å². The summed E-state index contributed by atoms with van der Waals surface area (Å²) in [6.07, 6.45) is 0. The van der Waals surface area contributed by atoms with Crippen LogP contribution in [0.5, 0.6) is 0 Å². The summed E-state index contributed by atoms with van der Waals surface area (Å²) in [4.78, 5) is 12.9. The Balaban J connectivity index is 2.16. The summed E-state index contributed by atoms with van der Waals surface area (Å²) >= 11 is 0. The summed E-state index contributed by atoms with van der Waals surface area (Å²) in [5, 5.41) is 3.11. The second-order valence-electron chi connectivity index (χ2n) is 4.10. The normalized spacial score (nSPS) is 10.7. The molecule has 88 valence electrons. The van der Waals surface area contributed by atoms with Crippen molar-refractivity contribution in [2.75, 3.05) is 26.7 Å². The summed E-state index contributed by atoms with van der Waals surface area (Å²) in [6.45, 7) is 4.81. The van der Waals surface area contributed by atoms with Gasteiger partial charge in [0.15, 0.2) is 0 Å². The Labute approximate surface area is 97.5 Å². The molecule has 3 nitrogen and oxygen atoms in total. The molecule has 0 aliphatic carbocycles. The fourth-order valence-corrected chi connectivity index (χ4v) is 1.51. The van der Waals surface area contributed by atoms with E-state index in [0.29, 0.717) is 6.54 Å². The monoisotopic (exact) mass is 220 g/mol. The van der Waals surface area contributed by atoms with Gasteiger partial charge in [-0.05, 0) is 19.5 Å². The first-order chi connectivity index (χ1) is 7.68. The Morgan fingerprint density at radius 3 is 2.62 bits per heavy atom. The van der Waals surface area contributed by atoms with Crippen LogP contribution in [0.25, 0.3) is 0 Å². The lowest BCUT2D eigenvalue weighted by atomic mass is 10.2. The van der Waals surface area contributed by atoms with Crippen LogP contribution in [0.4, 0.5) is 0 Å². The van der Waals surface area contributed by atoms with E-state index >= 15 is 0 Å². The van der Waals surface area contributed by atoms with Crippen LogP contribution in [-0.2, 0) is 11.3 Å². The van der Waals surface area contributed by atoms with Crippen molar-refractivity contribution in [2.24, 2.45) is 0 Å². The molecular formula is C13H20N2O. The average Bonchev–Trinajstić information content (AvgIpc) is 2.25. The van der Waals surface area contributed by atoms with E-state index in [1.54, 1.807) is 6.92 Å². The second kappa shape index (κ2) is 7.14. The van der Waals surface area contributed by atoms with Gasteiger partial charge in [-0.25, -0.2) is 0 Å². The number of hydrogen-bond donors (Lipinski definition) is 1. The van der Waals surface area contributed by atoms with Crippen LogP contribution in [0.15, 0.2) is 30.3 Å². The number of Topliss-reactive ketones (excluding diaryl/α,β-unsaturated/α-hetero) is 1. The number of ketones is 1. The molecule has 0 aliphatic heterocycles. The van der Waals surface area contributed by atoms with E-state index < -0.39 is 0 Å². The molecule has 0 atom stereocenters. The highest BCUT2D eigenvalue weighted by Crippen LogP contribution is 2.01.